The monoisotopic (exact) mass is 805 g/mol. The molecule has 2 aromatic heterocycles. The van der Waals surface area contributed by atoms with Crippen LogP contribution in [0.1, 0.15) is 103 Å². The Labute approximate surface area is 334 Å². The summed E-state index contributed by atoms with van der Waals surface area (Å²) in [6.45, 7) is 7.93. The molecule has 2 aromatic carbocycles. The second kappa shape index (κ2) is 15.2. The number of rotatable bonds is 11. The summed E-state index contributed by atoms with van der Waals surface area (Å²) in [5, 5.41) is 14.8. The number of nitrogens with zero attached hydrogens (tertiary/aromatic N) is 7. The molecular weight excluding hydrogens is 760 g/mol. The topological polar surface area (TPSA) is 158 Å². The largest absolute Gasteiger partial charge is 0.447 e. The van der Waals surface area contributed by atoms with Crippen LogP contribution in [-0.2, 0) is 19.8 Å². The van der Waals surface area contributed by atoms with E-state index in [0.717, 1.165) is 25.7 Å². The van der Waals surface area contributed by atoms with Crippen molar-refractivity contribution in [2.75, 3.05) is 6.61 Å². The number of guanidine groups is 1. The van der Waals surface area contributed by atoms with E-state index in [-0.39, 0.29) is 31.1 Å². The van der Waals surface area contributed by atoms with Gasteiger partial charge < -0.3 is 20.1 Å². The second-order valence-corrected chi connectivity index (χ2v) is 17.4. The minimum atomic E-state index is -2.80. The Balaban J connectivity index is 1.35. The molecule has 302 valence electrons. The number of halogens is 3. The van der Waals surface area contributed by atoms with Crippen LogP contribution in [0.5, 0.6) is 0 Å². The average molecular weight is 806 g/mol. The van der Waals surface area contributed by atoms with Gasteiger partial charge in [-0.25, -0.2) is 23.9 Å². The number of hydrogen-bond acceptors (Lipinski definition) is 8. The molecule has 1 saturated heterocycles. The molecule has 57 heavy (non-hydrogen) atoms. The van der Waals surface area contributed by atoms with Crippen LogP contribution in [-0.4, -0.2) is 71.7 Å². The number of aromatic nitrogens is 5. The van der Waals surface area contributed by atoms with Crippen molar-refractivity contribution in [1.29, 1.82) is 0 Å². The average Bonchev–Trinajstić information content (AvgIpc) is 4.01. The summed E-state index contributed by atoms with van der Waals surface area (Å²) >= 11 is 6.80. The molecule has 3 heterocycles. The minimum Gasteiger partial charge on any atom is -0.447 e. The quantitative estimate of drug-likeness (QED) is 0.153. The van der Waals surface area contributed by atoms with Crippen LogP contribution in [0, 0.1) is 5.41 Å². The lowest BCUT2D eigenvalue weighted by molar-refractivity contribution is -0.134. The predicted octanol–water partition coefficient (Wildman–Crippen LogP) is 8.18. The van der Waals surface area contributed by atoms with E-state index >= 15 is 4.79 Å². The molecule has 4 aromatic rings. The van der Waals surface area contributed by atoms with Gasteiger partial charge in [0.2, 0.25) is 5.96 Å². The van der Waals surface area contributed by atoms with E-state index in [9.17, 15) is 18.4 Å². The normalized spacial score (nSPS) is 19.9. The standard InChI is InChI=1S/C40H46ClF2N9O5/c1-38(2,3)21-40(26-10-7-23(8-11-26)25-18-45-50(19-25)34(42)43)33(53)51(35(49-40)48-37(55)57-39(4,5)6)31(20-56-36(54)47-27-12-13-27)24-9-16-30(41)29(17-24)32-44-22-46-52(32)28-14-15-28/h7-11,16-19,22,27-28,31,34H,12-15,20-21H2,1-6H3,(H,47,54)(H,48,49,55)/t31-,40-/m1/s1. The summed E-state index contributed by atoms with van der Waals surface area (Å²) < 4.78 is 40.5. The van der Waals surface area contributed by atoms with Gasteiger partial charge in [0.1, 0.15) is 24.1 Å². The predicted molar refractivity (Wildman–Crippen MR) is 207 cm³/mol. The number of ether oxygens (including phenoxy) is 2. The van der Waals surface area contributed by atoms with E-state index in [1.165, 1.54) is 23.6 Å². The Kier molecular flexibility index (Phi) is 10.6. The molecule has 3 amide bonds. The molecule has 1 aliphatic heterocycles. The van der Waals surface area contributed by atoms with Crippen molar-refractivity contribution in [1.82, 2.24) is 40.1 Å². The highest BCUT2D eigenvalue weighted by atomic mass is 35.5. The summed E-state index contributed by atoms with van der Waals surface area (Å²) in [6, 6.07) is 11.3. The molecule has 3 fully saturated rings. The van der Waals surface area contributed by atoms with E-state index in [1.807, 2.05) is 25.5 Å². The van der Waals surface area contributed by atoms with Crippen molar-refractivity contribution in [2.24, 2.45) is 10.4 Å². The molecule has 2 saturated carbocycles. The van der Waals surface area contributed by atoms with Crippen LogP contribution in [0.25, 0.3) is 22.5 Å². The molecule has 0 radical (unpaired) electrons. The van der Waals surface area contributed by atoms with Crippen molar-refractivity contribution in [2.45, 2.75) is 109 Å². The van der Waals surface area contributed by atoms with Gasteiger partial charge in [0.25, 0.3) is 5.91 Å². The Morgan fingerprint density at radius 1 is 1.04 bits per heavy atom. The molecule has 0 unspecified atom stereocenters. The fourth-order valence-electron chi connectivity index (χ4n) is 6.96. The molecule has 0 bridgehead atoms. The van der Waals surface area contributed by atoms with E-state index in [0.29, 0.717) is 43.3 Å². The summed E-state index contributed by atoms with van der Waals surface area (Å²) in [4.78, 5) is 52.3. The molecule has 2 N–H and O–H groups in total. The van der Waals surface area contributed by atoms with Gasteiger partial charge in [-0.15, -0.1) is 4.99 Å². The molecule has 2 aliphatic carbocycles. The summed E-state index contributed by atoms with van der Waals surface area (Å²) in [7, 11) is 0. The third-order valence-electron chi connectivity index (χ3n) is 9.70. The van der Waals surface area contributed by atoms with Crippen LogP contribution in [0.15, 0.2) is 66.2 Å². The Morgan fingerprint density at radius 3 is 2.37 bits per heavy atom. The van der Waals surface area contributed by atoms with Crippen molar-refractivity contribution >= 4 is 35.7 Å². The van der Waals surface area contributed by atoms with Crippen molar-refractivity contribution in [3.8, 4) is 22.5 Å². The number of hydrogen-bond donors (Lipinski definition) is 2. The van der Waals surface area contributed by atoms with Crippen LogP contribution in [0.2, 0.25) is 5.02 Å². The number of alkyl halides is 2. The van der Waals surface area contributed by atoms with Gasteiger partial charge in [0.05, 0.1) is 23.3 Å². The van der Waals surface area contributed by atoms with E-state index in [4.69, 9.17) is 21.1 Å². The Bertz CT molecular complexity index is 2180. The van der Waals surface area contributed by atoms with Crippen molar-refractivity contribution in [3.63, 3.8) is 0 Å². The number of alkyl carbamates (subject to hydrolysis) is 1. The fraction of sp³-hybridized carbons (Fsp3) is 0.475. The Morgan fingerprint density at radius 2 is 1.75 bits per heavy atom. The zero-order valence-corrected chi connectivity index (χ0v) is 33.4. The third kappa shape index (κ3) is 8.95. The molecule has 17 heteroatoms. The van der Waals surface area contributed by atoms with Gasteiger partial charge in [-0.1, -0.05) is 62.7 Å². The highest BCUT2D eigenvalue weighted by Crippen LogP contribution is 2.44. The fourth-order valence-corrected chi connectivity index (χ4v) is 7.17. The van der Waals surface area contributed by atoms with E-state index in [1.54, 1.807) is 63.2 Å². The smallest absolute Gasteiger partial charge is 0.437 e. The van der Waals surface area contributed by atoms with E-state index < -0.39 is 47.2 Å². The first-order valence-electron chi connectivity index (χ1n) is 18.9. The van der Waals surface area contributed by atoms with Crippen molar-refractivity contribution in [3.05, 3.63) is 77.3 Å². The maximum absolute atomic E-state index is 15.5. The lowest BCUT2D eigenvalue weighted by atomic mass is 9.75. The van der Waals surface area contributed by atoms with Crippen LogP contribution < -0.4 is 10.6 Å². The summed E-state index contributed by atoms with van der Waals surface area (Å²) in [6.07, 6.45) is 6.26. The first-order valence-corrected chi connectivity index (χ1v) is 19.3. The number of benzene rings is 2. The lowest BCUT2D eigenvalue weighted by Crippen LogP contribution is -2.47. The number of aliphatic imine (C=N–C) groups is 1. The molecule has 14 nitrogen and oxygen atoms in total. The Hall–Kier alpha value is -5.38. The number of amides is 3. The first-order chi connectivity index (χ1) is 26.9. The zero-order valence-electron chi connectivity index (χ0n) is 32.6. The molecular formula is C40H46ClF2N9O5. The number of carbonyl (C=O) groups excluding carboxylic acids is 3. The van der Waals surface area contributed by atoms with Gasteiger partial charge in [0.15, 0.2) is 5.82 Å². The highest BCUT2D eigenvalue weighted by Gasteiger charge is 2.55. The van der Waals surface area contributed by atoms with Crippen LogP contribution in [0.3, 0.4) is 0 Å². The van der Waals surface area contributed by atoms with Crippen molar-refractivity contribution < 1.29 is 32.6 Å². The SMILES string of the molecule is CC(C)(C)C[C@]1(c2ccc(-c3cnn(C(F)F)c3)cc2)N/C(=N\C(=O)OC(C)(C)C)N([C@H](COC(=O)NC2CC2)c2ccc(Cl)c(-c3ncnn3C3CC3)c2)C1=O. The second-order valence-electron chi connectivity index (χ2n) is 17.0. The van der Waals surface area contributed by atoms with Gasteiger partial charge in [-0.2, -0.15) is 19.0 Å². The molecule has 7 rings (SSSR count). The lowest BCUT2D eigenvalue weighted by Gasteiger charge is -2.35. The summed E-state index contributed by atoms with van der Waals surface area (Å²) in [5.74, 6) is -0.0493. The number of nitrogens with one attached hydrogen (secondary N) is 2. The highest BCUT2D eigenvalue weighted by molar-refractivity contribution is 6.33. The van der Waals surface area contributed by atoms with Crippen LogP contribution in [0.4, 0.5) is 18.4 Å². The zero-order chi connectivity index (χ0) is 40.9. The van der Waals surface area contributed by atoms with Gasteiger partial charge >= 0.3 is 18.7 Å². The molecule has 3 aliphatic rings. The van der Waals surface area contributed by atoms with Gasteiger partial charge in [0, 0.05) is 23.4 Å². The number of carbonyl (C=O) groups is 3. The van der Waals surface area contributed by atoms with E-state index in [2.05, 4.69) is 30.8 Å². The van der Waals surface area contributed by atoms with Gasteiger partial charge in [-0.3, -0.25) is 9.69 Å². The maximum Gasteiger partial charge on any atom is 0.437 e. The third-order valence-corrected chi connectivity index (χ3v) is 10.0. The maximum atomic E-state index is 15.5. The van der Waals surface area contributed by atoms with Crippen LogP contribution >= 0.6 is 11.6 Å². The molecule has 0 spiro atoms. The minimum absolute atomic E-state index is 0.0124. The first kappa shape index (κ1) is 39.8. The van der Waals surface area contributed by atoms with Gasteiger partial charge in [-0.05, 0) is 87.1 Å². The summed E-state index contributed by atoms with van der Waals surface area (Å²) in [5.41, 5.74) is -0.244. The molecule has 2 atom stereocenters.